The zero-order chi connectivity index (χ0) is 12.3. The molecule has 1 aliphatic heterocycles. The summed E-state index contributed by atoms with van der Waals surface area (Å²) in [6.07, 6.45) is 2.52. The fourth-order valence-corrected chi connectivity index (χ4v) is 2.03. The van der Waals surface area contributed by atoms with Gasteiger partial charge in [-0.05, 0) is 25.5 Å². The molecule has 2 rings (SSSR count). The lowest BCUT2D eigenvalue weighted by Crippen LogP contribution is -2.31. The Hall–Kier alpha value is -1.62. The molecular formula is C12H16N2O3. The molecule has 1 aromatic rings. The van der Waals surface area contributed by atoms with E-state index in [0.717, 1.165) is 19.6 Å². The quantitative estimate of drug-likeness (QED) is 0.840. The topological polar surface area (TPSA) is 62.7 Å². The van der Waals surface area contributed by atoms with E-state index in [4.69, 9.17) is 9.84 Å². The van der Waals surface area contributed by atoms with Crippen molar-refractivity contribution in [3.8, 4) is 0 Å². The van der Waals surface area contributed by atoms with E-state index in [0.29, 0.717) is 12.2 Å². The van der Waals surface area contributed by atoms with Crippen LogP contribution in [0, 0.1) is 0 Å². The zero-order valence-electron chi connectivity index (χ0n) is 9.80. The van der Waals surface area contributed by atoms with Crippen molar-refractivity contribution >= 4 is 11.7 Å². The highest BCUT2D eigenvalue weighted by Gasteiger charge is 2.20. The van der Waals surface area contributed by atoms with Crippen LogP contribution in [0.2, 0.25) is 0 Å². The SMILES string of the molecule is CC1CN(c2cccnc2C(=O)O)CCCO1. The van der Waals surface area contributed by atoms with Crippen molar-refractivity contribution in [2.45, 2.75) is 19.4 Å². The lowest BCUT2D eigenvalue weighted by atomic mass is 10.2. The maximum atomic E-state index is 11.1. The number of hydrogen-bond acceptors (Lipinski definition) is 4. The number of carbonyl (C=O) groups is 1. The second kappa shape index (κ2) is 5.14. The first-order valence-electron chi connectivity index (χ1n) is 5.73. The number of hydrogen-bond donors (Lipinski definition) is 1. The van der Waals surface area contributed by atoms with Gasteiger partial charge in [0.1, 0.15) is 0 Å². The summed E-state index contributed by atoms with van der Waals surface area (Å²) in [4.78, 5) is 17.1. The number of carboxylic acid groups (broad SMARTS) is 1. The summed E-state index contributed by atoms with van der Waals surface area (Å²) in [5, 5.41) is 9.11. The second-order valence-corrected chi connectivity index (χ2v) is 4.16. The lowest BCUT2D eigenvalue weighted by Gasteiger charge is -2.25. The summed E-state index contributed by atoms with van der Waals surface area (Å²) >= 11 is 0. The van der Waals surface area contributed by atoms with E-state index < -0.39 is 5.97 Å². The summed E-state index contributed by atoms with van der Waals surface area (Å²) in [7, 11) is 0. The standard InChI is InChI=1S/C12H16N2O3/c1-9-8-14(6-3-7-17-9)10-4-2-5-13-11(10)12(15)16/h2,4-5,9H,3,6-8H2,1H3,(H,15,16). The number of pyridine rings is 1. The fraction of sp³-hybridized carbons (Fsp3) is 0.500. The first-order chi connectivity index (χ1) is 8.18. The molecule has 0 spiro atoms. The van der Waals surface area contributed by atoms with Crippen LogP contribution in [0.5, 0.6) is 0 Å². The Morgan fingerprint density at radius 2 is 2.47 bits per heavy atom. The van der Waals surface area contributed by atoms with Crippen molar-refractivity contribution in [2.75, 3.05) is 24.6 Å². The number of aromatic nitrogens is 1. The van der Waals surface area contributed by atoms with Crippen molar-refractivity contribution in [3.63, 3.8) is 0 Å². The lowest BCUT2D eigenvalue weighted by molar-refractivity contribution is 0.0690. The summed E-state index contributed by atoms with van der Waals surface area (Å²) in [6, 6.07) is 3.56. The van der Waals surface area contributed by atoms with Crippen LogP contribution >= 0.6 is 0 Å². The van der Waals surface area contributed by atoms with Crippen LogP contribution in [-0.4, -0.2) is 41.9 Å². The van der Waals surface area contributed by atoms with E-state index in [2.05, 4.69) is 4.98 Å². The maximum absolute atomic E-state index is 11.1. The summed E-state index contributed by atoms with van der Waals surface area (Å²) in [6.45, 7) is 4.22. The van der Waals surface area contributed by atoms with E-state index >= 15 is 0 Å². The number of nitrogens with zero attached hydrogens (tertiary/aromatic N) is 2. The Bertz CT molecular complexity index is 408. The van der Waals surface area contributed by atoms with Crippen LogP contribution < -0.4 is 4.90 Å². The Morgan fingerprint density at radius 3 is 3.24 bits per heavy atom. The van der Waals surface area contributed by atoms with Gasteiger partial charge in [0, 0.05) is 25.9 Å². The molecule has 1 N–H and O–H groups in total. The summed E-state index contributed by atoms with van der Waals surface area (Å²) in [5.41, 5.74) is 0.791. The normalized spacial score (nSPS) is 21.0. The molecule has 2 heterocycles. The van der Waals surface area contributed by atoms with Crippen LogP contribution in [0.25, 0.3) is 0 Å². The zero-order valence-corrected chi connectivity index (χ0v) is 9.80. The molecule has 0 amide bonds. The molecule has 1 saturated heterocycles. The molecule has 5 nitrogen and oxygen atoms in total. The van der Waals surface area contributed by atoms with Crippen LogP contribution in [0.4, 0.5) is 5.69 Å². The molecule has 0 aliphatic carbocycles. The predicted octanol–water partition coefficient (Wildman–Crippen LogP) is 1.40. The van der Waals surface area contributed by atoms with E-state index in [1.165, 1.54) is 6.20 Å². The van der Waals surface area contributed by atoms with Gasteiger partial charge in [-0.2, -0.15) is 0 Å². The molecule has 0 saturated carbocycles. The minimum Gasteiger partial charge on any atom is -0.476 e. The largest absolute Gasteiger partial charge is 0.476 e. The molecular weight excluding hydrogens is 220 g/mol. The average molecular weight is 236 g/mol. The smallest absolute Gasteiger partial charge is 0.356 e. The molecule has 1 aliphatic rings. The van der Waals surface area contributed by atoms with E-state index in [-0.39, 0.29) is 11.8 Å². The third-order valence-electron chi connectivity index (χ3n) is 2.78. The Labute approximate surface area is 100 Å². The Morgan fingerprint density at radius 1 is 1.65 bits per heavy atom. The van der Waals surface area contributed by atoms with Gasteiger partial charge < -0.3 is 14.7 Å². The van der Waals surface area contributed by atoms with Gasteiger partial charge in [-0.25, -0.2) is 9.78 Å². The number of anilines is 1. The van der Waals surface area contributed by atoms with Crippen LogP contribution in [0.15, 0.2) is 18.3 Å². The minimum atomic E-state index is -0.988. The Kier molecular flexibility index (Phi) is 3.58. The third-order valence-corrected chi connectivity index (χ3v) is 2.78. The third kappa shape index (κ3) is 2.74. The van der Waals surface area contributed by atoms with Crippen LogP contribution in [0.3, 0.4) is 0 Å². The first kappa shape index (κ1) is 11.9. The predicted molar refractivity (Wildman–Crippen MR) is 63.4 cm³/mol. The van der Waals surface area contributed by atoms with E-state index in [1.807, 2.05) is 11.8 Å². The van der Waals surface area contributed by atoms with Gasteiger partial charge in [0.05, 0.1) is 11.8 Å². The second-order valence-electron chi connectivity index (χ2n) is 4.16. The van der Waals surface area contributed by atoms with Gasteiger partial charge >= 0.3 is 5.97 Å². The Balaban J connectivity index is 2.28. The number of carboxylic acids is 1. The van der Waals surface area contributed by atoms with Crippen LogP contribution in [-0.2, 0) is 4.74 Å². The van der Waals surface area contributed by atoms with Gasteiger partial charge in [-0.15, -0.1) is 0 Å². The highest BCUT2D eigenvalue weighted by molar-refractivity contribution is 5.92. The highest BCUT2D eigenvalue weighted by Crippen LogP contribution is 2.20. The molecule has 1 atom stereocenters. The number of aromatic carboxylic acids is 1. The van der Waals surface area contributed by atoms with Crippen molar-refractivity contribution < 1.29 is 14.6 Å². The van der Waals surface area contributed by atoms with E-state index in [9.17, 15) is 4.79 Å². The van der Waals surface area contributed by atoms with Crippen molar-refractivity contribution in [1.82, 2.24) is 4.98 Å². The molecule has 1 aromatic heterocycles. The fourth-order valence-electron chi connectivity index (χ4n) is 2.03. The molecule has 1 fully saturated rings. The van der Waals surface area contributed by atoms with Gasteiger partial charge in [0.2, 0.25) is 0 Å². The molecule has 17 heavy (non-hydrogen) atoms. The molecule has 92 valence electrons. The molecule has 0 aromatic carbocycles. The van der Waals surface area contributed by atoms with Gasteiger partial charge in [-0.1, -0.05) is 0 Å². The average Bonchev–Trinajstić information content (AvgIpc) is 2.54. The summed E-state index contributed by atoms with van der Waals surface area (Å²) < 4.78 is 5.55. The first-order valence-corrected chi connectivity index (χ1v) is 5.73. The highest BCUT2D eigenvalue weighted by atomic mass is 16.5. The van der Waals surface area contributed by atoms with Crippen molar-refractivity contribution in [1.29, 1.82) is 0 Å². The van der Waals surface area contributed by atoms with Gasteiger partial charge in [0.15, 0.2) is 5.69 Å². The summed E-state index contributed by atoms with van der Waals surface area (Å²) in [5.74, 6) is -0.988. The monoisotopic (exact) mass is 236 g/mol. The van der Waals surface area contributed by atoms with Crippen molar-refractivity contribution in [2.24, 2.45) is 0 Å². The molecule has 0 radical (unpaired) electrons. The number of ether oxygens (including phenoxy) is 1. The molecule has 5 heteroatoms. The van der Waals surface area contributed by atoms with Crippen LogP contribution in [0.1, 0.15) is 23.8 Å². The maximum Gasteiger partial charge on any atom is 0.356 e. The minimum absolute atomic E-state index is 0.111. The molecule has 1 unspecified atom stereocenters. The van der Waals surface area contributed by atoms with Crippen molar-refractivity contribution in [3.05, 3.63) is 24.0 Å². The van der Waals surface area contributed by atoms with Gasteiger partial charge in [0.25, 0.3) is 0 Å². The molecule has 0 bridgehead atoms. The van der Waals surface area contributed by atoms with E-state index in [1.54, 1.807) is 12.1 Å². The van der Waals surface area contributed by atoms with Gasteiger partial charge in [-0.3, -0.25) is 0 Å². The number of rotatable bonds is 2.